The first-order valence-electron chi connectivity index (χ1n) is 11.6. The Kier molecular flexibility index (Phi) is 8.28. The van der Waals surface area contributed by atoms with Crippen LogP contribution in [0.4, 0.5) is 0 Å². The lowest BCUT2D eigenvalue weighted by atomic mass is 10.1. The van der Waals surface area contributed by atoms with E-state index in [0.29, 0.717) is 34.7 Å². The van der Waals surface area contributed by atoms with Crippen LogP contribution in [-0.2, 0) is 13.2 Å². The monoisotopic (exact) mass is 496 g/mol. The lowest BCUT2D eigenvalue weighted by molar-refractivity contribution is 0.111. The molecule has 4 rings (SSSR count). The first kappa shape index (κ1) is 24.9. The number of carbonyl (C=O) groups is 1. The number of halogens is 1. The van der Waals surface area contributed by atoms with Crippen molar-refractivity contribution in [2.45, 2.75) is 32.9 Å². The number of nitrogens with zero attached hydrogens (tertiary/aromatic N) is 4. The molecule has 0 saturated carbocycles. The summed E-state index contributed by atoms with van der Waals surface area (Å²) >= 11 is 6.53. The molecule has 0 aliphatic heterocycles. The first-order chi connectivity index (χ1) is 17.6. The first-order valence-corrected chi connectivity index (χ1v) is 12.0. The Bertz CT molecular complexity index is 1480. The summed E-state index contributed by atoms with van der Waals surface area (Å²) in [4.78, 5) is 15.7. The number of benzene rings is 2. The molecule has 0 saturated heterocycles. The van der Waals surface area contributed by atoms with E-state index in [2.05, 4.69) is 47.4 Å². The second kappa shape index (κ2) is 12.0. The number of nitriles is 1. The molecule has 180 valence electrons. The molecule has 0 amide bonds. The Labute approximate surface area is 215 Å². The quantitative estimate of drug-likeness (QED) is 0.179. The largest absolute Gasteiger partial charge is 0.488 e. The van der Waals surface area contributed by atoms with Crippen molar-refractivity contribution in [1.29, 1.82) is 5.26 Å². The molecule has 36 heavy (non-hydrogen) atoms. The van der Waals surface area contributed by atoms with Gasteiger partial charge in [-0.05, 0) is 41.8 Å². The minimum atomic E-state index is 0.164. The topological polar surface area (TPSA) is 80.8 Å². The predicted octanol–water partition coefficient (Wildman–Crippen LogP) is 6.77. The molecule has 2 heterocycles. The van der Waals surface area contributed by atoms with Gasteiger partial charge >= 0.3 is 0 Å². The molecule has 2 aromatic carbocycles. The molecule has 0 atom stereocenters. The lowest BCUT2D eigenvalue weighted by Gasteiger charge is -2.13. The van der Waals surface area contributed by atoms with Gasteiger partial charge in [0.1, 0.15) is 18.4 Å². The third-order valence-electron chi connectivity index (χ3n) is 5.64. The minimum absolute atomic E-state index is 0.164. The third kappa shape index (κ3) is 5.88. The number of allylic oxidation sites excluding steroid dienone is 3. The van der Waals surface area contributed by atoms with Crippen molar-refractivity contribution in [2.24, 2.45) is 0 Å². The van der Waals surface area contributed by atoms with Gasteiger partial charge in [0.25, 0.3) is 0 Å². The fourth-order valence-corrected chi connectivity index (χ4v) is 4.03. The number of hydrogen-bond donors (Lipinski definition) is 0. The number of pyridine rings is 1. The van der Waals surface area contributed by atoms with Crippen molar-refractivity contribution in [1.82, 2.24) is 14.8 Å². The summed E-state index contributed by atoms with van der Waals surface area (Å²) in [6.45, 7) is 2.73. The number of carbonyl (C=O) groups excluding carboxylic acids is 1. The van der Waals surface area contributed by atoms with E-state index in [1.54, 1.807) is 24.4 Å². The highest BCUT2D eigenvalue weighted by Gasteiger charge is 2.13. The van der Waals surface area contributed by atoms with Crippen LogP contribution in [0.25, 0.3) is 17.0 Å². The van der Waals surface area contributed by atoms with Crippen LogP contribution in [0.3, 0.4) is 0 Å². The second-order valence-electron chi connectivity index (χ2n) is 8.24. The number of aldehydes is 1. The molecule has 0 aliphatic rings. The summed E-state index contributed by atoms with van der Waals surface area (Å²) in [6.07, 6.45) is 16.2. The van der Waals surface area contributed by atoms with E-state index in [0.717, 1.165) is 40.4 Å². The smallest absolute Gasteiger partial charge is 0.153 e. The normalized spacial score (nSPS) is 11.4. The maximum absolute atomic E-state index is 11.7. The van der Waals surface area contributed by atoms with E-state index < -0.39 is 0 Å². The molecule has 0 radical (unpaired) electrons. The number of ether oxygens (including phenoxy) is 1. The molecule has 4 aromatic rings. The summed E-state index contributed by atoms with van der Waals surface area (Å²) in [7, 11) is 0. The Hall–Kier alpha value is -4.21. The van der Waals surface area contributed by atoms with Crippen LogP contribution >= 0.6 is 11.6 Å². The third-order valence-corrected chi connectivity index (χ3v) is 6.00. The molecule has 0 spiro atoms. The SMILES string of the molecule is CCC/C=C\C=C\c1cccc2c1cnn2Cc1cc(OCc2cncc(C#N)c2)c(C=O)cc1Cl. The van der Waals surface area contributed by atoms with Crippen molar-refractivity contribution >= 4 is 34.9 Å². The number of rotatable bonds is 10. The van der Waals surface area contributed by atoms with Crippen LogP contribution in [0.1, 0.15) is 52.4 Å². The zero-order valence-corrected chi connectivity index (χ0v) is 20.7. The molecule has 2 aromatic heterocycles. The van der Waals surface area contributed by atoms with Gasteiger partial charge in [0.2, 0.25) is 0 Å². The van der Waals surface area contributed by atoms with Crippen LogP contribution in [0, 0.1) is 11.3 Å². The maximum atomic E-state index is 11.7. The molecular formula is C29H25ClN4O2. The zero-order chi connectivity index (χ0) is 25.3. The highest BCUT2D eigenvalue weighted by molar-refractivity contribution is 6.31. The molecule has 0 unspecified atom stereocenters. The van der Waals surface area contributed by atoms with Crippen LogP contribution in [0.2, 0.25) is 5.02 Å². The van der Waals surface area contributed by atoms with Crippen molar-refractivity contribution in [3.8, 4) is 11.8 Å². The van der Waals surface area contributed by atoms with E-state index in [-0.39, 0.29) is 6.61 Å². The standard InChI is InChI=1S/C29H25ClN4O2/c1-2-3-4-5-6-8-23-9-7-10-28-26(23)17-33-34(28)18-24-13-29(25(19-35)12-27(24)30)36-20-22-11-21(14-31)15-32-16-22/h4-13,15-17,19H,2-3,18,20H2,1H3/b5-4-,8-6+. The van der Waals surface area contributed by atoms with Gasteiger partial charge in [-0.1, -0.05) is 61.4 Å². The summed E-state index contributed by atoms with van der Waals surface area (Å²) < 4.78 is 7.80. The van der Waals surface area contributed by atoms with E-state index in [1.807, 2.05) is 29.1 Å². The molecule has 0 aliphatic carbocycles. The number of unbranched alkanes of at least 4 members (excludes halogenated alkanes) is 1. The van der Waals surface area contributed by atoms with Gasteiger partial charge < -0.3 is 4.74 Å². The lowest BCUT2D eigenvalue weighted by Crippen LogP contribution is -2.05. The molecule has 7 heteroatoms. The second-order valence-corrected chi connectivity index (χ2v) is 8.65. The Balaban J connectivity index is 1.58. The summed E-state index contributed by atoms with van der Waals surface area (Å²) in [5.74, 6) is 0.408. The van der Waals surface area contributed by atoms with Gasteiger partial charge in [-0.15, -0.1) is 0 Å². The van der Waals surface area contributed by atoms with E-state index in [9.17, 15) is 4.79 Å². The van der Waals surface area contributed by atoms with Crippen LogP contribution in [0.15, 0.2) is 73.2 Å². The molecule has 0 bridgehead atoms. The fraction of sp³-hybridized carbons (Fsp3) is 0.172. The molecule has 0 fully saturated rings. The maximum Gasteiger partial charge on any atom is 0.153 e. The van der Waals surface area contributed by atoms with Crippen molar-refractivity contribution in [2.75, 3.05) is 0 Å². The van der Waals surface area contributed by atoms with Gasteiger partial charge in [-0.2, -0.15) is 10.4 Å². The minimum Gasteiger partial charge on any atom is -0.488 e. The predicted molar refractivity (Wildman–Crippen MR) is 142 cm³/mol. The molecule has 0 N–H and O–H groups in total. The Morgan fingerprint density at radius 3 is 2.83 bits per heavy atom. The van der Waals surface area contributed by atoms with Gasteiger partial charge in [0, 0.05) is 28.4 Å². The summed E-state index contributed by atoms with van der Waals surface area (Å²) in [5, 5.41) is 15.2. The number of aromatic nitrogens is 3. The Morgan fingerprint density at radius 2 is 2.03 bits per heavy atom. The average Bonchev–Trinajstić information content (AvgIpc) is 3.32. The van der Waals surface area contributed by atoms with Crippen LogP contribution < -0.4 is 4.74 Å². The van der Waals surface area contributed by atoms with Crippen molar-refractivity contribution in [3.05, 3.63) is 106 Å². The van der Waals surface area contributed by atoms with Gasteiger partial charge in [-0.3, -0.25) is 14.5 Å². The van der Waals surface area contributed by atoms with Crippen LogP contribution in [0.5, 0.6) is 5.75 Å². The highest BCUT2D eigenvalue weighted by Crippen LogP contribution is 2.29. The van der Waals surface area contributed by atoms with E-state index in [1.165, 1.54) is 6.20 Å². The average molecular weight is 497 g/mol. The van der Waals surface area contributed by atoms with Gasteiger partial charge in [0.05, 0.1) is 29.4 Å². The number of fused-ring (bicyclic) bond motifs is 1. The molecular weight excluding hydrogens is 472 g/mol. The van der Waals surface area contributed by atoms with E-state index in [4.69, 9.17) is 21.6 Å². The van der Waals surface area contributed by atoms with Crippen LogP contribution in [-0.4, -0.2) is 21.1 Å². The number of hydrogen-bond acceptors (Lipinski definition) is 5. The molecule has 6 nitrogen and oxygen atoms in total. The summed E-state index contributed by atoms with van der Waals surface area (Å²) in [6, 6.07) is 13.2. The highest BCUT2D eigenvalue weighted by atomic mass is 35.5. The van der Waals surface area contributed by atoms with Crippen molar-refractivity contribution in [3.63, 3.8) is 0 Å². The fourth-order valence-electron chi connectivity index (χ4n) is 3.80. The van der Waals surface area contributed by atoms with E-state index >= 15 is 0 Å². The van der Waals surface area contributed by atoms with Crippen molar-refractivity contribution < 1.29 is 9.53 Å². The Morgan fingerprint density at radius 1 is 1.14 bits per heavy atom. The summed E-state index contributed by atoms with van der Waals surface area (Å²) in [5.41, 5.74) is 4.36. The van der Waals surface area contributed by atoms with Gasteiger partial charge in [0.15, 0.2) is 6.29 Å². The van der Waals surface area contributed by atoms with Gasteiger partial charge in [-0.25, -0.2) is 0 Å². The zero-order valence-electron chi connectivity index (χ0n) is 19.9.